The van der Waals surface area contributed by atoms with Crippen molar-refractivity contribution in [1.29, 1.82) is 0 Å². The predicted molar refractivity (Wildman–Crippen MR) is 55.8 cm³/mol. The zero-order valence-corrected chi connectivity index (χ0v) is 9.23. The van der Waals surface area contributed by atoms with E-state index in [1.54, 1.807) is 6.21 Å². The van der Waals surface area contributed by atoms with Crippen LogP contribution in [-0.4, -0.2) is 15.7 Å². The second-order valence-corrected chi connectivity index (χ2v) is 4.98. The summed E-state index contributed by atoms with van der Waals surface area (Å²) in [5, 5.41) is 0.188. The molecule has 2 nitrogen and oxygen atoms in total. The Labute approximate surface area is 78.1 Å². The fourth-order valence-corrected chi connectivity index (χ4v) is 1.30. The second-order valence-electron chi connectivity index (χ2n) is 3.41. The molecule has 0 N–H and O–H groups in total. The van der Waals surface area contributed by atoms with Gasteiger partial charge in [0.15, 0.2) is 0 Å². The van der Waals surface area contributed by atoms with Crippen LogP contribution in [0.15, 0.2) is 4.40 Å². The highest BCUT2D eigenvalue weighted by Gasteiger charge is 2.05. The molecule has 0 aliphatic carbocycles. The smallest absolute Gasteiger partial charge is 0.141 e. The quantitative estimate of drug-likeness (QED) is 0.611. The molecule has 0 saturated heterocycles. The van der Waals surface area contributed by atoms with E-state index in [2.05, 4.69) is 18.2 Å². The predicted octanol–water partition coefficient (Wildman–Crippen LogP) is 2.57. The average molecular weight is 189 g/mol. The standard InChI is InChI=1S/C9H19NOS/c1-5-9(4)12(11)10-7-6-8(2)3/h7-9H,5-6H2,1-4H3. The molecule has 0 aromatic heterocycles. The molecule has 0 rings (SSSR count). The number of hydrogen-bond acceptors (Lipinski definition) is 1. The average Bonchev–Trinajstić information content (AvgIpc) is 2.02. The molecule has 2 unspecified atom stereocenters. The lowest BCUT2D eigenvalue weighted by Gasteiger charge is -2.02. The van der Waals surface area contributed by atoms with Crippen molar-refractivity contribution in [3.8, 4) is 0 Å². The number of hydrogen-bond donors (Lipinski definition) is 0. The van der Waals surface area contributed by atoms with E-state index >= 15 is 0 Å². The summed E-state index contributed by atoms with van der Waals surface area (Å²) in [6.45, 7) is 8.24. The topological polar surface area (TPSA) is 29.4 Å². The monoisotopic (exact) mass is 189 g/mol. The largest absolute Gasteiger partial charge is 0.235 e. The summed E-state index contributed by atoms with van der Waals surface area (Å²) in [7, 11) is -1.01. The Morgan fingerprint density at radius 3 is 2.42 bits per heavy atom. The van der Waals surface area contributed by atoms with Crippen LogP contribution < -0.4 is 0 Å². The van der Waals surface area contributed by atoms with E-state index in [1.165, 1.54) is 0 Å². The highest BCUT2D eigenvalue weighted by Crippen LogP contribution is 2.02. The van der Waals surface area contributed by atoms with Crippen LogP contribution in [0, 0.1) is 5.92 Å². The molecule has 0 radical (unpaired) electrons. The summed E-state index contributed by atoms with van der Waals surface area (Å²) < 4.78 is 15.3. The van der Waals surface area contributed by atoms with Gasteiger partial charge in [-0.15, -0.1) is 0 Å². The molecule has 0 aromatic rings. The zero-order valence-electron chi connectivity index (χ0n) is 8.41. The Morgan fingerprint density at radius 2 is 2.00 bits per heavy atom. The van der Waals surface area contributed by atoms with Crippen LogP contribution in [-0.2, 0) is 11.0 Å². The van der Waals surface area contributed by atoms with E-state index in [0.717, 1.165) is 12.8 Å². The lowest BCUT2D eigenvalue weighted by molar-refractivity contribution is 0.670. The van der Waals surface area contributed by atoms with Crippen molar-refractivity contribution in [3.63, 3.8) is 0 Å². The van der Waals surface area contributed by atoms with Crippen molar-refractivity contribution >= 4 is 17.2 Å². The Bertz CT molecular complexity index is 166. The number of rotatable bonds is 5. The van der Waals surface area contributed by atoms with E-state index in [9.17, 15) is 4.21 Å². The van der Waals surface area contributed by atoms with Crippen LogP contribution in [0.4, 0.5) is 0 Å². The molecule has 0 heterocycles. The van der Waals surface area contributed by atoms with Crippen molar-refractivity contribution < 1.29 is 4.21 Å². The minimum atomic E-state index is -1.01. The maximum Gasteiger partial charge on any atom is 0.141 e. The van der Waals surface area contributed by atoms with Crippen molar-refractivity contribution in [2.45, 2.75) is 45.8 Å². The van der Waals surface area contributed by atoms with E-state index in [0.29, 0.717) is 5.92 Å². The maximum atomic E-state index is 11.3. The Hall–Kier alpha value is -0.180. The lowest BCUT2D eigenvalue weighted by Crippen LogP contribution is -2.06. The second kappa shape index (κ2) is 6.35. The molecule has 0 aliphatic heterocycles. The van der Waals surface area contributed by atoms with Gasteiger partial charge in [0.2, 0.25) is 0 Å². The third-order valence-corrected chi connectivity index (χ3v) is 3.05. The normalized spacial score (nSPS) is 17.1. The van der Waals surface area contributed by atoms with Gasteiger partial charge >= 0.3 is 0 Å². The minimum Gasteiger partial charge on any atom is -0.235 e. The maximum absolute atomic E-state index is 11.3. The molecular weight excluding hydrogens is 170 g/mol. The highest BCUT2D eigenvalue weighted by atomic mass is 32.2. The summed E-state index contributed by atoms with van der Waals surface area (Å²) in [5.41, 5.74) is 0. The van der Waals surface area contributed by atoms with Gasteiger partial charge in [0, 0.05) is 6.21 Å². The summed E-state index contributed by atoms with van der Waals surface area (Å²) in [6.07, 6.45) is 3.63. The van der Waals surface area contributed by atoms with E-state index in [4.69, 9.17) is 0 Å². The van der Waals surface area contributed by atoms with Crippen LogP contribution in [0.3, 0.4) is 0 Å². The molecule has 0 aliphatic rings. The molecule has 0 spiro atoms. The van der Waals surface area contributed by atoms with E-state index < -0.39 is 11.0 Å². The SMILES string of the molecule is CCC(C)S(=O)N=CCC(C)C. The van der Waals surface area contributed by atoms with Crippen molar-refractivity contribution in [2.75, 3.05) is 0 Å². The van der Waals surface area contributed by atoms with Gasteiger partial charge in [-0.25, -0.2) is 4.21 Å². The molecule has 0 fully saturated rings. The van der Waals surface area contributed by atoms with Gasteiger partial charge in [-0.2, -0.15) is 4.40 Å². The van der Waals surface area contributed by atoms with Gasteiger partial charge in [-0.3, -0.25) is 0 Å². The van der Waals surface area contributed by atoms with Gasteiger partial charge in [0.25, 0.3) is 0 Å². The molecular formula is C9H19NOS. The molecule has 0 saturated carbocycles. The fraction of sp³-hybridized carbons (Fsp3) is 0.889. The molecule has 3 heteroatoms. The first-order valence-electron chi connectivity index (χ1n) is 4.51. The van der Waals surface area contributed by atoms with Crippen molar-refractivity contribution in [3.05, 3.63) is 0 Å². The highest BCUT2D eigenvalue weighted by molar-refractivity contribution is 7.84. The summed E-state index contributed by atoms with van der Waals surface area (Å²) >= 11 is 0. The van der Waals surface area contributed by atoms with Gasteiger partial charge in [-0.05, 0) is 25.7 Å². The third-order valence-electron chi connectivity index (χ3n) is 1.67. The Morgan fingerprint density at radius 1 is 1.42 bits per heavy atom. The molecule has 2 atom stereocenters. The molecule has 0 aromatic carbocycles. The summed E-state index contributed by atoms with van der Waals surface area (Å²) in [4.78, 5) is 0. The molecule has 0 amide bonds. The van der Waals surface area contributed by atoms with Gasteiger partial charge in [-0.1, -0.05) is 20.8 Å². The first kappa shape index (κ1) is 11.8. The lowest BCUT2D eigenvalue weighted by atomic mass is 10.2. The summed E-state index contributed by atoms with van der Waals surface area (Å²) in [6, 6.07) is 0. The van der Waals surface area contributed by atoms with E-state index in [-0.39, 0.29) is 5.25 Å². The molecule has 12 heavy (non-hydrogen) atoms. The summed E-state index contributed by atoms with van der Waals surface area (Å²) in [5.74, 6) is 0.600. The van der Waals surface area contributed by atoms with Crippen LogP contribution in [0.25, 0.3) is 0 Å². The zero-order chi connectivity index (χ0) is 9.56. The third kappa shape index (κ3) is 5.47. The van der Waals surface area contributed by atoms with Crippen molar-refractivity contribution in [1.82, 2.24) is 0 Å². The van der Waals surface area contributed by atoms with Gasteiger partial charge < -0.3 is 0 Å². The van der Waals surface area contributed by atoms with Crippen molar-refractivity contribution in [2.24, 2.45) is 10.3 Å². The van der Waals surface area contributed by atoms with Crippen LogP contribution in [0.2, 0.25) is 0 Å². The van der Waals surface area contributed by atoms with Gasteiger partial charge in [0.1, 0.15) is 11.0 Å². The van der Waals surface area contributed by atoms with E-state index in [1.807, 2.05) is 13.8 Å². The molecule has 72 valence electrons. The Kier molecular flexibility index (Phi) is 6.25. The van der Waals surface area contributed by atoms with Crippen LogP contribution in [0.5, 0.6) is 0 Å². The first-order chi connectivity index (χ1) is 5.57. The fourth-order valence-electron chi connectivity index (χ4n) is 0.574. The number of nitrogens with zero attached hydrogens (tertiary/aromatic N) is 1. The minimum absolute atomic E-state index is 0.188. The van der Waals surface area contributed by atoms with Crippen LogP contribution >= 0.6 is 0 Å². The first-order valence-corrected chi connectivity index (χ1v) is 5.68. The molecule has 0 bridgehead atoms. The Balaban J connectivity index is 3.75. The van der Waals surface area contributed by atoms with Gasteiger partial charge in [0.05, 0.1) is 5.25 Å². The van der Waals surface area contributed by atoms with Crippen LogP contribution in [0.1, 0.15) is 40.5 Å².